The van der Waals surface area contributed by atoms with Crippen molar-refractivity contribution < 1.29 is 34.0 Å². The summed E-state index contributed by atoms with van der Waals surface area (Å²) in [4.78, 5) is 30.2. The van der Waals surface area contributed by atoms with E-state index < -0.39 is 46.0 Å². The van der Waals surface area contributed by atoms with Gasteiger partial charge in [-0.1, -0.05) is 6.92 Å². The number of piperidine rings is 1. The van der Waals surface area contributed by atoms with Gasteiger partial charge in [0.2, 0.25) is 0 Å². The van der Waals surface area contributed by atoms with Gasteiger partial charge >= 0.3 is 0 Å². The third-order valence-electron chi connectivity index (χ3n) is 10.8. The largest absolute Gasteiger partial charge is 0.385 e. The standard InChI is InChI=1S/C24H35NO7/c1-5-25-10-21(11-30-2)7-6-15(32-4)23-13-8-12-14(31-3)9-22(28,16(13)17(12)26)24(29,20(23)25)19(27)18(21)23/h12-16,18,20,28-29H,5-11H2,1-4H3/t12-,13-,14+,15+,16-,18-,20?,21+,22-,23+,24-/m1/s1. The molecule has 1 unspecified atom stereocenters. The number of Topliss-reactive ketones (excluding diaryl/α,β-unsaturated/α-hetero) is 2. The number of likely N-dealkylation sites (tertiary alicyclic amines) is 1. The van der Waals surface area contributed by atoms with Gasteiger partial charge in [0, 0.05) is 57.0 Å². The van der Waals surface area contributed by atoms with Gasteiger partial charge in [0.1, 0.15) is 11.4 Å². The Labute approximate surface area is 188 Å². The lowest BCUT2D eigenvalue weighted by Crippen LogP contribution is -2.81. The van der Waals surface area contributed by atoms with Gasteiger partial charge < -0.3 is 24.4 Å². The maximum absolute atomic E-state index is 14.4. The zero-order valence-corrected chi connectivity index (χ0v) is 19.4. The second-order valence-corrected chi connectivity index (χ2v) is 11.3. The number of methoxy groups -OCH3 is 3. The lowest BCUT2D eigenvalue weighted by molar-refractivity contribution is -0.296. The Kier molecular flexibility index (Phi) is 4.33. The fourth-order valence-electron chi connectivity index (χ4n) is 10.1. The Bertz CT molecular complexity index is 880. The summed E-state index contributed by atoms with van der Waals surface area (Å²) in [6, 6.07) is -0.582. The molecular weight excluding hydrogens is 414 g/mol. The summed E-state index contributed by atoms with van der Waals surface area (Å²) < 4.78 is 17.5. The van der Waals surface area contributed by atoms with Crippen LogP contribution in [0.1, 0.15) is 32.6 Å². The minimum absolute atomic E-state index is 0.0540. The molecule has 0 radical (unpaired) electrons. The Balaban J connectivity index is 1.68. The molecule has 32 heavy (non-hydrogen) atoms. The molecule has 1 saturated heterocycles. The topological polar surface area (TPSA) is 106 Å². The summed E-state index contributed by atoms with van der Waals surface area (Å²) in [6.07, 6.45) is 1.42. The lowest BCUT2D eigenvalue weighted by Gasteiger charge is -2.69. The number of carbonyl (C=O) groups excluding carboxylic acids is 2. The van der Waals surface area contributed by atoms with Crippen molar-refractivity contribution in [3.63, 3.8) is 0 Å². The van der Waals surface area contributed by atoms with Gasteiger partial charge in [-0.3, -0.25) is 14.5 Å². The molecule has 5 aliphatic carbocycles. The smallest absolute Gasteiger partial charge is 0.173 e. The number of aliphatic hydroxyl groups is 2. The number of likely N-dealkylation sites (N-methyl/N-ethyl adjacent to an activating group) is 1. The first kappa shape index (κ1) is 21.6. The minimum atomic E-state index is -2.03. The zero-order chi connectivity index (χ0) is 22.8. The van der Waals surface area contributed by atoms with Crippen molar-refractivity contribution in [3.8, 4) is 0 Å². The molecule has 0 aromatic heterocycles. The zero-order valence-electron chi connectivity index (χ0n) is 19.4. The molecule has 1 spiro atoms. The number of ether oxygens (including phenoxy) is 3. The van der Waals surface area contributed by atoms with Crippen LogP contribution in [0.5, 0.6) is 0 Å². The van der Waals surface area contributed by atoms with E-state index in [1.165, 1.54) is 0 Å². The van der Waals surface area contributed by atoms with E-state index in [1.54, 1.807) is 21.3 Å². The van der Waals surface area contributed by atoms with E-state index in [1.807, 2.05) is 6.92 Å². The predicted molar refractivity (Wildman–Crippen MR) is 112 cm³/mol. The highest BCUT2D eigenvalue weighted by Gasteiger charge is 2.91. The highest BCUT2D eigenvalue weighted by Crippen LogP contribution is 2.78. The van der Waals surface area contributed by atoms with E-state index >= 15 is 0 Å². The number of carbonyl (C=O) groups is 2. The van der Waals surface area contributed by atoms with Crippen LogP contribution in [0.15, 0.2) is 0 Å². The summed E-state index contributed by atoms with van der Waals surface area (Å²) >= 11 is 0. The third kappa shape index (κ3) is 1.90. The summed E-state index contributed by atoms with van der Waals surface area (Å²) in [7, 11) is 4.89. The molecule has 8 nitrogen and oxygen atoms in total. The molecule has 6 rings (SSSR count). The molecule has 1 aliphatic heterocycles. The van der Waals surface area contributed by atoms with E-state index in [0.29, 0.717) is 26.1 Å². The van der Waals surface area contributed by atoms with E-state index in [2.05, 4.69) is 4.90 Å². The van der Waals surface area contributed by atoms with Crippen molar-refractivity contribution in [3.05, 3.63) is 0 Å². The Hall–Kier alpha value is -0.900. The Morgan fingerprint density at radius 3 is 2.53 bits per heavy atom. The Morgan fingerprint density at radius 2 is 1.91 bits per heavy atom. The van der Waals surface area contributed by atoms with Crippen molar-refractivity contribution in [1.29, 1.82) is 0 Å². The van der Waals surface area contributed by atoms with Crippen LogP contribution in [-0.4, -0.2) is 97.2 Å². The normalized spacial score (nSPS) is 57.9. The van der Waals surface area contributed by atoms with Crippen molar-refractivity contribution in [2.24, 2.45) is 34.5 Å². The van der Waals surface area contributed by atoms with Crippen LogP contribution < -0.4 is 0 Å². The maximum atomic E-state index is 14.4. The first-order chi connectivity index (χ1) is 15.2. The monoisotopic (exact) mass is 449 g/mol. The van der Waals surface area contributed by atoms with E-state index in [0.717, 1.165) is 12.8 Å². The fourth-order valence-corrected chi connectivity index (χ4v) is 10.1. The lowest BCUT2D eigenvalue weighted by atomic mass is 9.43. The molecule has 178 valence electrons. The second kappa shape index (κ2) is 6.40. The first-order valence-electron chi connectivity index (χ1n) is 12.0. The quantitative estimate of drug-likeness (QED) is 0.606. The SMILES string of the molecule is CCN1C[C@]2(COC)CC[C@H](OC)[C@]34C1[C@](O)(C(=O)[C@H]23)[C@@]1(O)C[C@H](OC)[C@H]2C[C@@H]4[C@@H]1C2=O. The van der Waals surface area contributed by atoms with Gasteiger partial charge in [0.15, 0.2) is 11.4 Å². The van der Waals surface area contributed by atoms with Crippen LogP contribution in [0.3, 0.4) is 0 Å². The molecule has 7 bridgehead atoms. The van der Waals surface area contributed by atoms with E-state index in [-0.39, 0.29) is 35.9 Å². The van der Waals surface area contributed by atoms with Gasteiger partial charge in [0.25, 0.3) is 0 Å². The third-order valence-corrected chi connectivity index (χ3v) is 10.8. The highest BCUT2D eigenvalue weighted by molar-refractivity contribution is 6.01. The van der Waals surface area contributed by atoms with Crippen LogP contribution in [0.25, 0.3) is 0 Å². The molecule has 5 saturated carbocycles. The Morgan fingerprint density at radius 1 is 1.16 bits per heavy atom. The molecule has 6 aliphatic rings. The van der Waals surface area contributed by atoms with Gasteiger partial charge in [-0.15, -0.1) is 0 Å². The molecule has 8 heteroatoms. The van der Waals surface area contributed by atoms with Crippen molar-refractivity contribution >= 4 is 11.6 Å². The molecular formula is C24H35NO7. The van der Waals surface area contributed by atoms with E-state index in [4.69, 9.17) is 14.2 Å². The molecule has 1 heterocycles. The summed E-state index contributed by atoms with van der Waals surface area (Å²) in [5, 5.41) is 24.7. The van der Waals surface area contributed by atoms with Crippen LogP contribution >= 0.6 is 0 Å². The van der Waals surface area contributed by atoms with Crippen molar-refractivity contribution in [2.75, 3.05) is 41.0 Å². The maximum Gasteiger partial charge on any atom is 0.173 e. The summed E-state index contributed by atoms with van der Waals surface area (Å²) in [5.74, 6) is -2.17. The predicted octanol–water partition coefficient (Wildman–Crippen LogP) is 0.0333. The number of ketones is 2. The van der Waals surface area contributed by atoms with Crippen LogP contribution in [-0.2, 0) is 23.8 Å². The van der Waals surface area contributed by atoms with Crippen molar-refractivity contribution in [1.82, 2.24) is 4.90 Å². The number of hydrogen-bond donors (Lipinski definition) is 2. The number of rotatable bonds is 5. The van der Waals surface area contributed by atoms with Crippen LogP contribution in [0.4, 0.5) is 0 Å². The van der Waals surface area contributed by atoms with Crippen LogP contribution in [0.2, 0.25) is 0 Å². The average molecular weight is 450 g/mol. The van der Waals surface area contributed by atoms with Gasteiger partial charge in [-0.05, 0) is 31.7 Å². The highest BCUT2D eigenvalue weighted by atomic mass is 16.5. The molecule has 11 atom stereocenters. The van der Waals surface area contributed by atoms with Gasteiger partial charge in [0.05, 0.1) is 30.8 Å². The van der Waals surface area contributed by atoms with Crippen LogP contribution in [0, 0.1) is 34.5 Å². The average Bonchev–Trinajstić information content (AvgIpc) is 3.12. The summed E-state index contributed by atoms with van der Waals surface area (Å²) in [5.41, 5.74) is -5.06. The first-order valence-corrected chi connectivity index (χ1v) is 12.0. The number of hydrogen-bond acceptors (Lipinski definition) is 8. The molecule has 0 aromatic rings. The van der Waals surface area contributed by atoms with Gasteiger partial charge in [-0.2, -0.15) is 0 Å². The molecule has 2 N–H and O–H groups in total. The molecule has 6 fully saturated rings. The number of nitrogens with zero attached hydrogens (tertiary/aromatic N) is 1. The fraction of sp³-hybridized carbons (Fsp3) is 0.917. The summed E-state index contributed by atoms with van der Waals surface area (Å²) in [6.45, 7) is 3.72. The van der Waals surface area contributed by atoms with Crippen molar-refractivity contribution in [2.45, 2.75) is 62.1 Å². The van der Waals surface area contributed by atoms with Gasteiger partial charge in [-0.25, -0.2) is 0 Å². The minimum Gasteiger partial charge on any atom is -0.385 e. The second-order valence-electron chi connectivity index (χ2n) is 11.3. The number of fused-ring (bicyclic) bond motifs is 2. The molecule has 0 amide bonds. The molecule has 0 aromatic carbocycles. The van der Waals surface area contributed by atoms with E-state index in [9.17, 15) is 19.8 Å².